The van der Waals surface area contributed by atoms with Gasteiger partial charge in [-0.25, -0.2) is 17.5 Å². The zero-order chi connectivity index (χ0) is 17.6. The summed E-state index contributed by atoms with van der Waals surface area (Å²) >= 11 is 5.75. The molecule has 2 rings (SSSR count). The van der Waals surface area contributed by atoms with Gasteiger partial charge >= 0.3 is 0 Å². The number of nitrogens with one attached hydrogen (secondary N) is 2. The van der Waals surface area contributed by atoms with E-state index in [1.807, 2.05) is 0 Å². The number of carbonyl (C=O) groups excluding carboxylic acids is 1. The SMILES string of the molecule is O=C(CCCNS(=O)(=O)c1ccc(F)cc1)Nc1ccc(Cl)cc1. The van der Waals surface area contributed by atoms with Crippen LogP contribution in [0.2, 0.25) is 5.02 Å². The van der Waals surface area contributed by atoms with Gasteiger partial charge in [-0.15, -0.1) is 0 Å². The molecule has 0 aliphatic rings. The van der Waals surface area contributed by atoms with E-state index >= 15 is 0 Å². The highest BCUT2D eigenvalue weighted by atomic mass is 35.5. The van der Waals surface area contributed by atoms with Crippen molar-refractivity contribution in [1.82, 2.24) is 4.72 Å². The zero-order valence-corrected chi connectivity index (χ0v) is 14.2. The number of carbonyl (C=O) groups is 1. The quantitative estimate of drug-likeness (QED) is 0.735. The first-order valence-electron chi connectivity index (χ1n) is 7.17. The highest BCUT2D eigenvalue weighted by Crippen LogP contribution is 2.14. The molecule has 0 unspecified atom stereocenters. The van der Waals surface area contributed by atoms with Crippen LogP contribution in [0.15, 0.2) is 53.4 Å². The lowest BCUT2D eigenvalue weighted by atomic mass is 10.2. The molecule has 0 heterocycles. The van der Waals surface area contributed by atoms with Gasteiger partial charge in [0.2, 0.25) is 15.9 Å². The average Bonchev–Trinajstić information content (AvgIpc) is 2.54. The average molecular weight is 371 g/mol. The largest absolute Gasteiger partial charge is 0.326 e. The molecule has 0 spiro atoms. The highest BCUT2D eigenvalue weighted by Gasteiger charge is 2.13. The Morgan fingerprint density at radius 3 is 2.29 bits per heavy atom. The van der Waals surface area contributed by atoms with Gasteiger partial charge in [-0.05, 0) is 55.0 Å². The third-order valence-electron chi connectivity index (χ3n) is 3.12. The molecule has 128 valence electrons. The van der Waals surface area contributed by atoms with Gasteiger partial charge in [0, 0.05) is 23.7 Å². The van der Waals surface area contributed by atoms with Crippen molar-refractivity contribution in [3.05, 3.63) is 59.4 Å². The summed E-state index contributed by atoms with van der Waals surface area (Å²) < 4.78 is 39.1. The molecule has 0 bridgehead atoms. The van der Waals surface area contributed by atoms with E-state index in [0.29, 0.717) is 17.1 Å². The van der Waals surface area contributed by atoms with Gasteiger partial charge in [0.05, 0.1) is 4.90 Å². The van der Waals surface area contributed by atoms with Crippen LogP contribution in [0, 0.1) is 5.82 Å². The summed E-state index contributed by atoms with van der Waals surface area (Å²) in [5.74, 6) is -0.730. The summed E-state index contributed by atoms with van der Waals surface area (Å²) in [5, 5.41) is 3.26. The first-order chi connectivity index (χ1) is 11.4. The minimum atomic E-state index is -3.70. The molecule has 0 radical (unpaired) electrons. The molecule has 0 fully saturated rings. The first-order valence-corrected chi connectivity index (χ1v) is 9.03. The number of rotatable bonds is 7. The second-order valence-electron chi connectivity index (χ2n) is 5.01. The Kier molecular flexibility index (Phi) is 6.30. The lowest BCUT2D eigenvalue weighted by molar-refractivity contribution is -0.116. The Balaban J connectivity index is 1.76. The number of benzene rings is 2. The second-order valence-corrected chi connectivity index (χ2v) is 7.21. The van der Waals surface area contributed by atoms with E-state index in [1.54, 1.807) is 24.3 Å². The number of sulfonamides is 1. The fourth-order valence-corrected chi connectivity index (χ4v) is 3.11. The first kappa shape index (κ1) is 18.4. The van der Waals surface area contributed by atoms with E-state index in [9.17, 15) is 17.6 Å². The van der Waals surface area contributed by atoms with E-state index in [0.717, 1.165) is 12.1 Å². The van der Waals surface area contributed by atoms with Crippen molar-refractivity contribution < 1.29 is 17.6 Å². The Labute approximate surface area is 144 Å². The zero-order valence-electron chi connectivity index (χ0n) is 12.6. The van der Waals surface area contributed by atoms with E-state index in [4.69, 9.17) is 11.6 Å². The van der Waals surface area contributed by atoms with Crippen LogP contribution < -0.4 is 10.0 Å². The van der Waals surface area contributed by atoms with Gasteiger partial charge in [-0.2, -0.15) is 0 Å². The normalized spacial score (nSPS) is 11.2. The van der Waals surface area contributed by atoms with Crippen molar-refractivity contribution in [3.8, 4) is 0 Å². The summed E-state index contributed by atoms with van der Waals surface area (Å²) in [6, 6.07) is 11.2. The minimum absolute atomic E-state index is 0.0190. The van der Waals surface area contributed by atoms with Gasteiger partial charge in [-0.1, -0.05) is 11.6 Å². The topological polar surface area (TPSA) is 75.3 Å². The maximum Gasteiger partial charge on any atom is 0.240 e. The smallest absolute Gasteiger partial charge is 0.240 e. The van der Waals surface area contributed by atoms with E-state index in [1.165, 1.54) is 12.1 Å². The summed E-state index contributed by atoms with van der Waals surface area (Å²) in [4.78, 5) is 11.7. The van der Waals surface area contributed by atoms with E-state index < -0.39 is 15.8 Å². The number of anilines is 1. The summed E-state index contributed by atoms with van der Waals surface area (Å²) in [6.07, 6.45) is 0.494. The molecular formula is C16H16ClFN2O3S. The number of halogens is 2. The van der Waals surface area contributed by atoms with Crippen molar-refractivity contribution in [3.63, 3.8) is 0 Å². The molecule has 0 saturated carbocycles. The lowest BCUT2D eigenvalue weighted by Gasteiger charge is -2.07. The number of hydrogen-bond acceptors (Lipinski definition) is 3. The van der Waals surface area contributed by atoms with Gasteiger partial charge in [0.25, 0.3) is 0 Å². The number of amides is 1. The highest BCUT2D eigenvalue weighted by molar-refractivity contribution is 7.89. The van der Waals surface area contributed by atoms with Crippen LogP contribution in [0.1, 0.15) is 12.8 Å². The molecular weight excluding hydrogens is 355 g/mol. The minimum Gasteiger partial charge on any atom is -0.326 e. The summed E-state index contributed by atoms with van der Waals surface area (Å²) in [6.45, 7) is 0.105. The standard InChI is InChI=1S/C16H16ClFN2O3S/c17-12-3-7-14(8-4-12)20-16(21)2-1-11-19-24(22,23)15-9-5-13(18)6-10-15/h3-10,19H,1-2,11H2,(H,20,21). The van der Waals surface area contributed by atoms with Gasteiger partial charge in [0.15, 0.2) is 0 Å². The Hall–Kier alpha value is -1.96. The van der Waals surface area contributed by atoms with Crippen molar-refractivity contribution in [1.29, 1.82) is 0 Å². The molecule has 0 aliphatic heterocycles. The summed E-state index contributed by atoms with van der Waals surface area (Å²) in [7, 11) is -3.70. The number of hydrogen-bond donors (Lipinski definition) is 2. The van der Waals surface area contributed by atoms with Crippen LogP contribution in [0.5, 0.6) is 0 Å². The van der Waals surface area contributed by atoms with Crippen molar-refractivity contribution in [2.45, 2.75) is 17.7 Å². The van der Waals surface area contributed by atoms with Crippen LogP contribution in [0.3, 0.4) is 0 Å². The molecule has 0 atom stereocenters. The molecule has 2 N–H and O–H groups in total. The van der Waals surface area contributed by atoms with Crippen LogP contribution in [-0.2, 0) is 14.8 Å². The maximum atomic E-state index is 12.8. The predicted molar refractivity (Wildman–Crippen MR) is 90.9 cm³/mol. The van der Waals surface area contributed by atoms with Crippen molar-refractivity contribution in [2.75, 3.05) is 11.9 Å². The second kappa shape index (κ2) is 8.23. The monoisotopic (exact) mass is 370 g/mol. The predicted octanol–water partition coefficient (Wildman–Crippen LogP) is 3.18. The van der Waals surface area contributed by atoms with E-state index in [-0.39, 0.29) is 23.8 Å². The van der Waals surface area contributed by atoms with Gasteiger partial charge < -0.3 is 5.32 Å². The third kappa shape index (κ3) is 5.59. The van der Waals surface area contributed by atoms with Crippen molar-refractivity contribution >= 4 is 33.2 Å². The van der Waals surface area contributed by atoms with Crippen LogP contribution in [0.25, 0.3) is 0 Å². The molecule has 0 saturated heterocycles. The molecule has 1 amide bonds. The molecule has 5 nitrogen and oxygen atoms in total. The molecule has 0 aromatic heterocycles. The van der Waals surface area contributed by atoms with Crippen LogP contribution in [0.4, 0.5) is 10.1 Å². The maximum absolute atomic E-state index is 12.8. The van der Waals surface area contributed by atoms with Crippen LogP contribution in [-0.4, -0.2) is 20.9 Å². The summed E-state index contributed by atoms with van der Waals surface area (Å²) in [5.41, 5.74) is 0.622. The fraction of sp³-hybridized carbons (Fsp3) is 0.188. The molecule has 0 aliphatic carbocycles. The van der Waals surface area contributed by atoms with Gasteiger partial charge in [0.1, 0.15) is 5.82 Å². The van der Waals surface area contributed by atoms with Crippen molar-refractivity contribution in [2.24, 2.45) is 0 Å². The molecule has 2 aromatic carbocycles. The van der Waals surface area contributed by atoms with E-state index in [2.05, 4.69) is 10.0 Å². The Bertz CT molecular complexity index is 793. The van der Waals surface area contributed by atoms with Gasteiger partial charge in [-0.3, -0.25) is 4.79 Å². The lowest BCUT2D eigenvalue weighted by Crippen LogP contribution is -2.25. The Morgan fingerprint density at radius 2 is 1.67 bits per heavy atom. The molecule has 8 heteroatoms. The fourth-order valence-electron chi connectivity index (χ4n) is 1.91. The third-order valence-corrected chi connectivity index (χ3v) is 4.85. The van der Waals surface area contributed by atoms with Crippen LogP contribution >= 0.6 is 11.6 Å². The Morgan fingerprint density at radius 1 is 1.04 bits per heavy atom. The molecule has 24 heavy (non-hydrogen) atoms. The molecule has 2 aromatic rings.